The largest absolute Gasteiger partial charge is 0.382 e. The number of hydrogen-bond acceptors (Lipinski definition) is 5. The van der Waals surface area contributed by atoms with Gasteiger partial charge >= 0.3 is 0 Å². The number of nitrogens with two attached hydrogens (primary N) is 1. The monoisotopic (exact) mass is 304 g/mol. The van der Waals surface area contributed by atoms with E-state index < -0.39 is 0 Å². The molecule has 1 amide bonds. The van der Waals surface area contributed by atoms with Crippen LogP contribution in [-0.4, -0.2) is 16.4 Å². The molecule has 4 N–H and O–H groups in total. The summed E-state index contributed by atoms with van der Waals surface area (Å²) in [6, 6.07) is 7.61. The summed E-state index contributed by atoms with van der Waals surface area (Å²) in [5, 5.41) is 6.69. The molecule has 21 heavy (non-hydrogen) atoms. The van der Waals surface area contributed by atoms with Gasteiger partial charge in [0.2, 0.25) is 0 Å². The second-order valence-electron chi connectivity index (χ2n) is 5.93. The van der Waals surface area contributed by atoms with Gasteiger partial charge in [-0.05, 0) is 39.8 Å². The first-order chi connectivity index (χ1) is 9.74. The lowest BCUT2D eigenvalue weighted by Gasteiger charge is -2.19. The third kappa shape index (κ3) is 4.19. The Labute approximate surface area is 128 Å². The van der Waals surface area contributed by atoms with Crippen molar-refractivity contribution < 1.29 is 4.79 Å². The Morgan fingerprint density at radius 2 is 1.86 bits per heavy atom. The molecular weight excluding hydrogens is 284 g/mol. The summed E-state index contributed by atoms with van der Waals surface area (Å²) in [7, 11) is 0. The first kappa shape index (κ1) is 15.3. The fraction of sp³-hybridized carbons (Fsp3) is 0.333. The summed E-state index contributed by atoms with van der Waals surface area (Å²) < 4.78 is 0. The number of aryl methyl sites for hydroxylation is 1. The van der Waals surface area contributed by atoms with Crippen LogP contribution in [0, 0.1) is 6.92 Å². The van der Waals surface area contributed by atoms with Gasteiger partial charge in [0, 0.05) is 11.2 Å². The smallest absolute Gasteiger partial charge is 0.269 e. The number of thiazole rings is 1. The number of aromatic nitrogens is 1. The highest BCUT2D eigenvalue weighted by Crippen LogP contribution is 2.28. The molecule has 6 heteroatoms. The summed E-state index contributed by atoms with van der Waals surface area (Å²) >= 11 is 1.26. The minimum atomic E-state index is -0.240. The standard InChI is InChI=1S/C15H20N4OS/c1-9-5-7-10(8-6-9)17-13(20)11-12(16)18-14(21-11)19-15(2,3)4/h5-8H,16H2,1-4H3,(H,17,20)(H,18,19). The number of benzene rings is 1. The molecular formula is C15H20N4OS. The summed E-state index contributed by atoms with van der Waals surface area (Å²) in [6.07, 6.45) is 0. The molecule has 1 heterocycles. The van der Waals surface area contributed by atoms with Crippen molar-refractivity contribution in [1.29, 1.82) is 0 Å². The van der Waals surface area contributed by atoms with Crippen LogP contribution in [0.15, 0.2) is 24.3 Å². The van der Waals surface area contributed by atoms with Crippen molar-refractivity contribution in [2.45, 2.75) is 33.2 Å². The normalized spacial score (nSPS) is 11.2. The minimum absolute atomic E-state index is 0.130. The lowest BCUT2D eigenvalue weighted by Crippen LogP contribution is -2.25. The number of nitrogen functional groups attached to an aromatic ring is 1. The van der Waals surface area contributed by atoms with Gasteiger partial charge < -0.3 is 16.4 Å². The summed E-state index contributed by atoms with van der Waals surface area (Å²) in [6.45, 7) is 8.07. The number of nitrogens with one attached hydrogen (secondary N) is 2. The summed E-state index contributed by atoms with van der Waals surface area (Å²) in [4.78, 5) is 16.9. The molecule has 0 fully saturated rings. The third-order valence-electron chi connectivity index (χ3n) is 2.65. The molecule has 2 rings (SSSR count). The zero-order valence-electron chi connectivity index (χ0n) is 12.7. The molecule has 0 spiro atoms. The molecule has 0 bridgehead atoms. The van der Waals surface area contributed by atoms with Crippen molar-refractivity contribution in [3.05, 3.63) is 34.7 Å². The Morgan fingerprint density at radius 1 is 1.24 bits per heavy atom. The van der Waals surface area contributed by atoms with Crippen LogP contribution in [0.5, 0.6) is 0 Å². The SMILES string of the molecule is Cc1ccc(NC(=O)c2sc(NC(C)(C)C)nc2N)cc1. The van der Waals surface area contributed by atoms with Crippen LogP contribution in [-0.2, 0) is 0 Å². The Bertz CT molecular complexity index is 641. The fourth-order valence-electron chi connectivity index (χ4n) is 1.69. The predicted molar refractivity (Wildman–Crippen MR) is 89.0 cm³/mol. The van der Waals surface area contributed by atoms with Crippen molar-refractivity contribution in [3.63, 3.8) is 0 Å². The van der Waals surface area contributed by atoms with Crippen LogP contribution in [0.3, 0.4) is 0 Å². The molecule has 0 aliphatic carbocycles. The average molecular weight is 304 g/mol. The van der Waals surface area contributed by atoms with E-state index in [1.807, 2.05) is 52.0 Å². The first-order valence-corrected chi connectivity index (χ1v) is 7.49. The number of rotatable bonds is 3. The van der Waals surface area contributed by atoms with Gasteiger partial charge in [-0.25, -0.2) is 4.98 Å². The maximum atomic E-state index is 12.3. The Hall–Kier alpha value is -2.08. The molecule has 0 atom stereocenters. The highest BCUT2D eigenvalue weighted by Gasteiger charge is 2.19. The van der Waals surface area contributed by atoms with E-state index in [-0.39, 0.29) is 17.3 Å². The second kappa shape index (κ2) is 5.73. The summed E-state index contributed by atoms with van der Waals surface area (Å²) in [5.41, 5.74) is 7.59. The predicted octanol–water partition coefficient (Wildman–Crippen LogP) is 3.50. The van der Waals surface area contributed by atoms with Crippen LogP contribution in [0.1, 0.15) is 36.0 Å². The minimum Gasteiger partial charge on any atom is -0.382 e. The molecule has 5 nitrogen and oxygen atoms in total. The molecule has 1 aromatic heterocycles. The van der Waals surface area contributed by atoms with E-state index in [1.54, 1.807) is 0 Å². The number of carbonyl (C=O) groups is 1. The number of carbonyl (C=O) groups excluding carboxylic acids is 1. The van der Waals surface area contributed by atoms with E-state index in [0.29, 0.717) is 10.0 Å². The van der Waals surface area contributed by atoms with Crippen LogP contribution >= 0.6 is 11.3 Å². The molecule has 0 radical (unpaired) electrons. The Kier molecular flexibility index (Phi) is 4.18. The van der Waals surface area contributed by atoms with Crippen molar-refractivity contribution in [3.8, 4) is 0 Å². The van der Waals surface area contributed by atoms with Gasteiger partial charge in [0.1, 0.15) is 10.7 Å². The van der Waals surface area contributed by atoms with Gasteiger partial charge in [0.15, 0.2) is 5.13 Å². The number of hydrogen-bond donors (Lipinski definition) is 3. The van der Waals surface area contributed by atoms with Gasteiger partial charge in [-0.2, -0.15) is 0 Å². The Balaban J connectivity index is 2.14. The van der Waals surface area contributed by atoms with Gasteiger partial charge in [0.05, 0.1) is 0 Å². The molecule has 0 saturated carbocycles. The first-order valence-electron chi connectivity index (χ1n) is 6.67. The maximum absolute atomic E-state index is 12.3. The molecule has 0 aliphatic heterocycles. The van der Waals surface area contributed by atoms with Crippen molar-refractivity contribution >= 4 is 33.9 Å². The number of nitrogens with zero attached hydrogens (tertiary/aromatic N) is 1. The van der Waals surface area contributed by atoms with Crippen LogP contribution in [0.2, 0.25) is 0 Å². The molecule has 2 aromatic rings. The van der Waals surface area contributed by atoms with E-state index in [1.165, 1.54) is 11.3 Å². The zero-order valence-corrected chi connectivity index (χ0v) is 13.5. The van der Waals surface area contributed by atoms with E-state index in [4.69, 9.17) is 5.73 Å². The highest BCUT2D eigenvalue weighted by atomic mass is 32.1. The zero-order chi connectivity index (χ0) is 15.6. The molecule has 0 saturated heterocycles. The molecule has 0 aliphatic rings. The Morgan fingerprint density at radius 3 is 2.43 bits per heavy atom. The second-order valence-corrected chi connectivity index (χ2v) is 6.93. The van der Waals surface area contributed by atoms with E-state index in [9.17, 15) is 4.79 Å². The van der Waals surface area contributed by atoms with Crippen molar-refractivity contribution in [2.24, 2.45) is 0 Å². The van der Waals surface area contributed by atoms with Gasteiger partial charge in [0.25, 0.3) is 5.91 Å². The van der Waals surface area contributed by atoms with Crippen LogP contribution in [0.25, 0.3) is 0 Å². The highest BCUT2D eigenvalue weighted by molar-refractivity contribution is 7.18. The summed E-state index contributed by atoms with van der Waals surface area (Å²) in [5.74, 6) is 0.00664. The van der Waals surface area contributed by atoms with Gasteiger partial charge in [-0.15, -0.1) is 0 Å². The molecule has 112 valence electrons. The molecule has 0 unspecified atom stereocenters. The fourth-order valence-corrected chi connectivity index (χ4v) is 2.68. The molecule has 1 aromatic carbocycles. The quantitative estimate of drug-likeness (QED) is 0.811. The van der Waals surface area contributed by atoms with Crippen molar-refractivity contribution in [2.75, 3.05) is 16.4 Å². The van der Waals surface area contributed by atoms with E-state index in [2.05, 4.69) is 15.6 Å². The van der Waals surface area contributed by atoms with E-state index >= 15 is 0 Å². The average Bonchev–Trinajstić information content (AvgIpc) is 2.70. The number of amides is 1. The third-order valence-corrected chi connectivity index (χ3v) is 3.64. The van der Waals surface area contributed by atoms with E-state index in [0.717, 1.165) is 11.3 Å². The number of anilines is 3. The topological polar surface area (TPSA) is 80.0 Å². The van der Waals surface area contributed by atoms with Gasteiger partial charge in [-0.1, -0.05) is 29.0 Å². The lowest BCUT2D eigenvalue weighted by atomic mass is 10.1. The van der Waals surface area contributed by atoms with Crippen molar-refractivity contribution in [1.82, 2.24) is 4.98 Å². The van der Waals surface area contributed by atoms with Crippen LogP contribution < -0.4 is 16.4 Å². The lowest BCUT2D eigenvalue weighted by molar-refractivity contribution is 0.103. The van der Waals surface area contributed by atoms with Crippen LogP contribution in [0.4, 0.5) is 16.6 Å². The van der Waals surface area contributed by atoms with Gasteiger partial charge in [-0.3, -0.25) is 4.79 Å². The maximum Gasteiger partial charge on any atom is 0.269 e.